The maximum atomic E-state index is 13.1. The Labute approximate surface area is 215 Å². The minimum Gasteiger partial charge on any atom is -0.494 e. The number of carbonyl (C=O) groups is 1. The first-order valence-corrected chi connectivity index (χ1v) is 13.0. The Hall–Kier alpha value is -2.94. The normalized spacial score (nSPS) is 14.8. The smallest absolute Gasteiger partial charge is 0.266 e. The Balaban J connectivity index is 1.65. The van der Waals surface area contributed by atoms with Crippen LogP contribution in [0.5, 0.6) is 5.75 Å². The molecule has 182 valence electrons. The van der Waals surface area contributed by atoms with E-state index < -0.39 is 0 Å². The number of thioether (sulfide) groups is 1. The van der Waals surface area contributed by atoms with Crippen LogP contribution in [0.15, 0.2) is 65.7 Å². The summed E-state index contributed by atoms with van der Waals surface area (Å²) in [6.45, 7) is 3.98. The first kappa shape index (κ1) is 25.2. The molecule has 0 aliphatic carbocycles. The van der Waals surface area contributed by atoms with Crippen molar-refractivity contribution in [2.45, 2.75) is 26.2 Å². The van der Waals surface area contributed by atoms with E-state index in [9.17, 15) is 4.79 Å². The molecule has 0 radical (unpaired) electrons. The van der Waals surface area contributed by atoms with Crippen LogP contribution in [-0.2, 0) is 9.53 Å². The highest BCUT2D eigenvalue weighted by molar-refractivity contribution is 8.26. The SMILES string of the molecule is CCCCOc1ccc(-c2nn(-c3ccccc3)cc2/C=C2\SC(=S)N(CCCOC)C2=O)cc1. The second-order valence-electron chi connectivity index (χ2n) is 8.12. The molecular formula is C27H29N3O3S2. The number of unbranched alkanes of at least 4 members (excludes halogenated alkanes) is 1. The Bertz CT molecular complexity index is 1190. The van der Waals surface area contributed by atoms with Crippen molar-refractivity contribution in [1.82, 2.24) is 14.7 Å². The van der Waals surface area contributed by atoms with Gasteiger partial charge in [0.15, 0.2) is 0 Å². The van der Waals surface area contributed by atoms with E-state index in [2.05, 4.69) is 6.92 Å². The van der Waals surface area contributed by atoms with Gasteiger partial charge in [-0.25, -0.2) is 4.68 Å². The highest BCUT2D eigenvalue weighted by Crippen LogP contribution is 2.35. The fourth-order valence-corrected chi connectivity index (χ4v) is 4.97. The molecule has 6 nitrogen and oxygen atoms in total. The minimum atomic E-state index is -0.0748. The summed E-state index contributed by atoms with van der Waals surface area (Å²) < 4.78 is 13.3. The van der Waals surface area contributed by atoms with Gasteiger partial charge in [-0.2, -0.15) is 5.10 Å². The number of nitrogens with zero attached hydrogens (tertiary/aromatic N) is 3. The number of rotatable bonds is 11. The molecule has 35 heavy (non-hydrogen) atoms. The first-order chi connectivity index (χ1) is 17.1. The van der Waals surface area contributed by atoms with Gasteiger partial charge in [0.05, 0.1) is 22.9 Å². The first-order valence-electron chi connectivity index (χ1n) is 11.7. The summed E-state index contributed by atoms with van der Waals surface area (Å²) >= 11 is 6.81. The number of carbonyl (C=O) groups excluding carboxylic acids is 1. The third-order valence-corrected chi connectivity index (χ3v) is 6.93. The maximum Gasteiger partial charge on any atom is 0.266 e. The third-order valence-electron chi connectivity index (χ3n) is 5.55. The van der Waals surface area contributed by atoms with Crippen molar-refractivity contribution in [2.24, 2.45) is 0 Å². The van der Waals surface area contributed by atoms with Crippen LogP contribution < -0.4 is 4.74 Å². The maximum absolute atomic E-state index is 13.1. The summed E-state index contributed by atoms with van der Waals surface area (Å²) in [6.07, 6.45) is 6.70. The summed E-state index contributed by atoms with van der Waals surface area (Å²) in [5, 5.41) is 4.87. The summed E-state index contributed by atoms with van der Waals surface area (Å²) in [4.78, 5) is 15.3. The molecule has 0 spiro atoms. The zero-order chi connectivity index (χ0) is 24.6. The van der Waals surface area contributed by atoms with Crippen molar-refractivity contribution in [3.8, 4) is 22.7 Å². The number of methoxy groups -OCH3 is 1. The van der Waals surface area contributed by atoms with Gasteiger partial charge in [-0.15, -0.1) is 0 Å². The average molecular weight is 508 g/mol. The van der Waals surface area contributed by atoms with E-state index in [4.69, 9.17) is 26.8 Å². The third kappa shape index (κ3) is 6.20. The molecule has 1 aliphatic rings. The largest absolute Gasteiger partial charge is 0.494 e. The predicted octanol–water partition coefficient (Wildman–Crippen LogP) is 5.96. The van der Waals surface area contributed by atoms with E-state index in [0.29, 0.717) is 29.0 Å². The van der Waals surface area contributed by atoms with Crippen LogP contribution in [0.4, 0.5) is 0 Å². The van der Waals surface area contributed by atoms with Crippen molar-refractivity contribution >= 4 is 40.3 Å². The van der Waals surface area contributed by atoms with E-state index >= 15 is 0 Å². The average Bonchev–Trinajstić information content (AvgIpc) is 3.41. The number of amides is 1. The Morgan fingerprint density at radius 1 is 1.06 bits per heavy atom. The summed E-state index contributed by atoms with van der Waals surface area (Å²) in [6, 6.07) is 17.9. The lowest BCUT2D eigenvalue weighted by atomic mass is 10.1. The number of para-hydroxylation sites is 1. The van der Waals surface area contributed by atoms with E-state index in [-0.39, 0.29) is 5.91 Å². The fourth-order valence-electron chi connectivity index (χ4n) is 3.67. The van der Waals surface area contributed by atoms with Crippen LogP contribution in [0.25, 0.3) is 23.0 Å². The van der Waals surface area contributed by atoms with Gasteiger partial charge in [-0.05, 0) is 55.3 Å². The van der Waals surface area contributed by atoms with Crippen molar-refractivity contribution in [3.63, 3.8) is 0 Å². The predicted molar refractivity (Wildman–Crippen MR) is 146 cm³/mol. The Kier molecular flexibility index (Phi) is 8.74. The molecule has 1 aromatic heterocycles. The number of benzene rings is 2. The van der Waals surface area contributed by atoms with Gasteiger partial charge in [0.25, 0.3) is 5.91 Å². The van der Waals surface area contributed by atoms with Crippen molar-refractivity contribution in [2.75, 3.05) is 26.9 Å². The van der Waals surface area contributed by atoms with Gasteiger partial charge in [0, 0.05) is 37.6 Å². The molecule has 1 aliphatic heterocycles. The molecule has 1 saturated heterocycles. The summed E-state index contributed by atoms with van der Waals surface area (Å²) in [5.74, 6) is 0.761. The van der Waals surface area contributed by atoms with E-state index in [0.717, 1.165) is 47.5 Å². The van der Waals surface area contributed by atoms with E-state index in [1.165, 1.54) is 11.8 Å². The molecular weight excluding hydrogens is 478 g/mol. The molecule has 1 amide bonds. The van der Waals surface area contributed by atoms with Crippen LogP contribution in [-0.4, -0.2) is 51.8 Å². The van der Waals surface area contributed by atoms with Gasteiger partial charge in [0.1, 0.15) is 10.1 Å². The standard InChI is InChI=1S/C27H29N3O3S2/c1-3-4-17-33-23-13-11-20(12-14-23)25-21(19-30(28-25)22-9-6-5-7-10-22)18-24-26(31)29(27(34)35-24)15-8-16-32-2/h5-7,9-14,18-19H,3-4,8,15-17H2,1-2H3/b24-18-. The lowest BCUT2D eigenvalue weighted by molar-refractivity contribution is -0.122. The number of aromatic nitrogens is 2. The van der Waals surface area contributed by atoms with Gasteiger partial charge in [-0.3, -0.25) is 9.69 Å². The highest BCUT2D eigenvalue weighted by atomic mass is 32.2. The zero-order valence-corrected chi connectivity index (χ0v) is 21.6. The highest BCUT2D eigenvalue weighted by Gasteiger charge is 2.32. The van der Waals surface area contributed by atoms with E-state index in [1.807, 2.05) is 71.6 Å². The van der Waals surface area contributed by atoms with Crippen molar-refractivity contribution in [1.29, 1.82) is 0 Å². The van der Waals surface area contributed by atoms with Gasteiger partial charge in [-0.1, -0.05) is 55.5 Å². The van der Waals surface area contributed by atoms with Gasteiger partial charge in [0.2, 0.25) is 0 Å². The molecule has 4 rings (SSSR count). The molecule has 0 N–H and O–H groups in total. The van der Waals surface area contributed by atoms with Gasteiger partial charge < -0.3 is 9.47 Å². The molecule has 0 atom stereocenters. The molecule has 0 unspecified atom stereocenters. The quantitative estimate of drug-likeness (QED) is 0.181. The summed E-state index contributed by atoms with van der Waals surface area (Å²) in [7, 11) is 1.65. The van der Waals surface area contributed by atoms with Crippen LogP contribution in [0, 0.1) is 0 Å². The molecule has 2 aromatic carbocycles. The molecule has 1 fully saturated rings. The second kappa shape index (κ2) is 12.2. The van der Waals surface area contributed by atoms with E-state index in [1.54, 1.807) is 12.0 Å². The van der Waals surface area contributed by atoms with Crippen LogP contribution >= 0.6 is 24.0 Å². The molecule has 8 heteroatoms. The topological polar surface area (TPSA) is 56.6 Å². The number of ether oxygens (including phenoxy) is 2. The lowest BCUT2D eigenvalue weighted by Gasteiger charge is -2.13. The zero-order valence-electron chi connectivity index (χ0n) is 20.0. The molecule has 0 bridgehead atoms. The van der Waals surface area contributed by atoms with Crippen LogP contribution in [0.3, 0.4) is 0 Å². The molecule has 2 heterocycles. The Morgan fingerprint density at radius 2 is 1.83 bits per heavy atom. The summed E-state index contributed by atoms with van der Waals surface area (Å²) in [5.41, 5.74) is 3.54. The minimum absolute atomic E-state index is 0.0748. The fraction of sp³-hybridized carbons (Fsp3) is 0.296. The second-order valence-corrected chi connectivity index (χ2v) is 9.80. The number of hydrogen-bond donors (Lipinski definition) is 0. The van der Waals surface area contributed by atoms with Crippen molar-refractivity contribution in [3.05, 3.63) is 71.3 Å². The van der Waals surface area contributed by atoms with Crippen LogP contribution in [0.1, 0.15) is 31.7 Å². The number of hydrogen-bond acceptors (Lipinski definition) is 6. The molecule has 3 aromatic rings. The monoisotopic (exact) mass is 507 g/mol. The Morgan fingerprint density at radius 3 is 2.54 bits per heavy atom. The van der Waals surface area contributed by atoms with Crippen molar-refractivity contribution < 1.29 is 14.3 Å². The van der Waals surface area contributed by atoms with Gasteiger partial charge >= 0.3 is 0 Å². The lowest BCUT2D eigenvalue weighted by Crippen LogP contribution is -2.29. The number of thiocarbonyl (C=S) groups is 1. The van der Waals surface area contributed by atoms with Crippen LogP contribution in [0.2, 0.25) is 0 Å². The molecule has 0 saturated carbocycles.